The van der Waals surface area contributed by atoms with Crippen molar-refractivity contribution in [2.75, 3.05) is 6.54 Å². The molecule has 0 aliphatic rings. The Morgan fingerprint density at radius 1 is 0.870 bits per heavy atom. The summed E-state index contributed by atoms with van der Waals surface area (Å²) in [5.74, 6) is -2.22. The third kappa shape index (κ3) is 9.31. The SMILES string of the molecule is CCCCCN(Cc1ccc(-c2ccccc2-c2nn[nH]n2)cc1)C(=O)[C@H](Cc1ccccc1)NC(=O)[C@H](CC(C)C)C(=O)NO. The van der Waals surface area contributed by atoms with E-state index in [0.717, 1.165) is 47.1 Å². The van der Waals surface area contributed by atoms with Crippen LogP contribution in [0.1, 0.15) is 57.6 Å². The minimum atomic E-state index is -1.13. The molecule has 0 bridgehead atoms. The second-order valence-electron chi connectivity index (χ2n) is 11.9. The van der Waals surface area contributed by atoms with E-state index in [1.807, 2.05) is 92.7 Å². The minimum absolute atomic E-state index is 0.0176. The summed E-state index contributed by atoms with van der Waals surface area (Å²) in [6.45, 7) is 6.76. The number of carbonyl (C=O) groups is 3. The maximum Gasteiger partial charge on any atom is 0.255 e. The van der Waals surface area contributed by atoms with Crippen molar-refractivity contribution in [2.45, 2.75) is 65.5 Å². The van der Waals surface area contributed by atoms with Crippen molar-refractivity contribution >= 4 is 17.7 Å². The molecule has 1 heterocycles. The van der Waals surface area contributed by atoms with Crippen LogP contribution in [0.5, 0.6) is 0 Å². The molecule has 0 saturated heterocycles. The lowest BCUT2D eigenvalue weighted by Crippen LogP contribution is -2.53. The van der Waals surface area contributed by atoms with Crippen molar-refractivity contribution in [3.63, 3.8) is 0 Å². The van der Waals surface area contributed by atoms with E-state index in [2.05, 4.69) is 32.9 Å². The molecular weight excluding hydrogens is 582 g/mol. The first-order valence-electron chi connectivity index (χ1n) is 15.8. The number of carbonyl (C=O) groups excluding carboxylic acids is 3. The quantitative estimate of drug-likeness (QED) is 0.0595. The van der Waals surface area contributed by atoms with Gasteiger partial charge in [-0.3, -0.25) is 19.6 Å². The average molecular weight is 626 g/mol. The van der Waals surface area contributed by atoms with Crippen LogP contribution in [0.3, 0.4) is 0 Å². The van der Waals surface area contributed by atoms with Gasteiger partial charge >= 0.3 is 0 Å². The molecule has 11 nitrogen and oxygen atoms in total. The van der Waals surface area contributed by atoms with Gasteiger partial charge in [-0.1, -0.05) is 112 Å². The fraction of sp³-hybridized carbons (Fsp3) is 0.371. The van der Waals surface area contributed by atoms with Crippen molar-refractivity contribution in [1.29, 1.82) is 0 Å². The van der Waals surface area contributed by atoms with E-state index in [-0.39, 0.29) is 24.7 Å². The predicted octanol–water partition coefficient (Wildman–Crippen LogP) is 4.95. The molecule has 3 amide bonds. The van der Waals surface area contributed by atoms with Gasteiger partial charge in [0.05, 0.1) is 0 Å². The predicted molar refractivity (Wildman–Crippen MR) is 175 cm³/mol. The summed E-state index contributed by atoms with van der Waals surface area (Å²) in [4.78, 5) is 41.9. The number of aromatic amines is 1. The molecule has 0 saturated carbocycles. The highest BCUT2D eigenvalue weighted by molar-refractivity contribution is 6.01. The monoisotopic (exact) mass is 625 g/mol. The maximum absolute atomic E-state index is 14.3. The number of nitrogens with zero attached hydrogens (tertiary/aromatic N) is 4. The van der Waals surface area contributed by atoms with Gasteiger partial charge in [-0.05, 0) is 46.2 Å². The van der Waals surface area contributed by atoms with Gasteiger partial charge in [-0.15, -0.1) is 10.2 Å². The highest BCUT2D eigenvalue weighted by atomic mass is 16.5. The fourth-order valence-corrected chi connectivity index (χ4v) is 5.46. The van der Waals surface area contributed by atoms with Gasteiger partial charge in [-0.25, -0.2) is 5.48 Å². The van der Waals surface area contributed by atoms with E-state index >= 15 is 0 Å². The molecular formula is C35H43N7O4. The van der Waals surface area contributed by atoms with E-state index in [4.69, 9.17) is 0 Å². The Balaban J connectivity index is 1.59. The van der Waals surface area contributed by atoms with Gasteiger partial charge in [0.2, 0.25) is 17.6 Å². The van der Waals surface area contributed by atoms with Crippen LogP contribution >= 0.6 is 0 Å². The van der Waals surface area contributed by atoms with Crippen molar-refractivity contribution in [2.24, 2.45) is 11.8 Å². The van der Waals surface area contributed by atoms with Crippen molar-refractivity contribution in [3.05, 3.63) is 90.0 Å². The second kappa shape index (κ2) is 17.0. The fourth-order valence-electron chi connectivity index (χ4n) is 5.46. The summed E-state index contributed by atoms with van der Waals surface area (Å²) >= 11 is 0. The Labute approximate surface area is 269 Å². The number of nitrogens with one attached hydrogen (secondary N) is 3. The number of amides is 3. The molecule has 1 aromatic heterocycles. The molecule has 2 atom stereocenters. The Bertz CT molecular complexity index is 1540. The first kappa shape index (κ1) is 34.0. The number of tetrazole rings is 1. The number of rotatable bonds is 16. The first-order chi connectivity index (χ1) is 22.3. The van der Waals surface area contributed by atoms with Crippen LogP contribution in [0.25, 0.3) is 22.5 Å². The van der Waals surface area contributed by atoms with Crippen LogP contribution in [0, 0.1) is 11.8 Å². The molecule has 46 heavy (non-hydrogen) atoms. The highest BCUT2D eigenvalue weighted by Crippen LogP contribution is 2.30. The Kier molecular flexibility index (Phi) is 12.5. The molecule has 0 fully saturated rings. The van der Waals surface area contributed by atoms with Gasteiger partial charge in [0, 0.05) is 25.1 Å². The van der Waals surface area contributed by atoms with Crippen molar-refractivity contribution < 1.29 is 19.6 Å². The summed E-state index contributed by atoms with van der Waals surface area (Å²) in [7, 11) is 0. The molecule has 4 aromatic rings. The topological polar surface area (TPSA) is 153 Å². The van der Waals surface area contributed by atoms with E-state index < -0.39 is 23.8 Å². The van der Waals surface area contributed by atoms with Crippen molar-refractivity contribution in [1.82, 2.24) is 36.3 Å². The molecule has 0 aliphatic carbocycles. The van der Waals surface area contributed by atoms with Gasteiger partial charge in [0.25, 0.3) is 5.91 Å². The first-order valence-corrected chi connectivity index (χ1v) is 15.8. The van der Waals surface area contributed by atoms with E-state index in [1.54, 1.807) is 10.4 Å². The number of benzene rings is 3. The molecule has 4 N–H and O–H groups in total. The zero-order chi connectivity index (χ0) is 32.9. The standard InChI is InChI=1S/C35H43N7O4/c1-4-5-11-20-42(23-26-16-18-27(19-17-26)28-14-9-10-15-29(28)32-37-40-41-38-32)35(45)31(22-25-12-7-6-8-13-25)36-33(43)30(21-24(2)3)34(44)39-46/h6-10,12-19,24,30-31,46H,4-5,11,20-23H2,1-3H3,(H,36,43)(H,39,44)(H,37,38,40,41)/t30-,31-/m0/s1. The van der Waals surface area contributed by atoms with E-state index in [1.165, 1.54) is 0 Å². The van der Waals surface area contributed by atoms with Gasteiger partial charge in [0.1, 0.15) is 12.0 Å². The number of H-pyrrole nitrogens is 1. The Morgan fingerprint density at radius 3 is 2.20 bits per heavy atom. The number of hydrogen-bond donors (Lipinski definition) is 4. The summed E-state index contributed by atoms with van der Waals surface area (Å²) < 4.78 is 0. The molecule has 0 radical (unpaired) electrons. The van der Waals surface area contributed by atoms with Gasteiger partial charge < -0.3 is 10.2 Å². The third-order valence-electron chi connectivity index (χ3n) is 7.84. The van der Waals surface area contributed by atoms with Gasteiger partial charge in [-0.2, -0.15) is 5.21 Å². The second-order valence-corrected chi connectivity index (χ2v) is 11.9. The third-order valence-corrected chi connectivity index (χ3v) is 7.84. The molecule has 242 valence electrons. The molecule has 0 spiro atoms. The number of hydrogen-bond acceptors (Lipinski definition) is 7. The zero-order valence-electron chi connectivity index (χ0n) is 26.6. The van der Waals surface area contributed by atoms with Crippen LogP contribution < -0.4 is 10.8 Å². The Morgan fingerprint density at radius 2 is 1.57 bits per heavy atom. The van der Waals surface area contributed by atoms with Crippen molar-refractivity contribution in [3.8, 4) is 22.5 Å². The van der Waals surface area contributed by atoms with Crippen LogP contribution in [-0.4, -0.2) is 61.0 Å². The number of aromatic nitrogens is 4. The average Bonchev–Trinajstić information content (AvgIpc) is 3.62. The summed E-state index contributed by atoms with van der Waals surface area (Å²) in [5.41, 5.74) is 6.22. The number of unbranched alkanes of at least 4 members (excludes halogenated alkanes) is 2. The molecule has 3 aromatic carbocycles. The van der Waals surface area contributed by atoms with Gasteiger partial charge in [0.15, 0.2) is 0 Å². The van der Waals surface area contributed by atoms with Crippen LogP contribution in [0.2, 0.25) is 0 Å². The summed E-state index contributed by atoms with van der Waals surface area (Å²) in [6, 6.07) is 24.4. The lowest BCUT2D eigenvalue weighted by molar-refractivity contribution is -0.144. The molecule has 0 unspecified atom stereocenters. The highest BCUT2D eigenvalue weighted by Gasteiger charge is 2.33. The lowest BCUT2D eigenvalue weighted by Gasteiger charge is -2.29. The van der Waals surface area contributed by atoms with Crippen LogP contribution in [0.4, 0.5) is 0 Å². The maximum atomic E-state index is 14.3. The van der Waals surface area contributed by atoms with E-state index in [0.29, 0.717) is 18.9 Å². The molecule has 4 rings (SSSR count). The molecule has 0 aliphatic heterocycles. The zero-order valence-corrected chi connectivity index (χ0v) is 26.6. The smallest absolute Gasteiger partial charge is 0.255 e. The number of hydroxylamine groups is 1. The molecule has 11 heteroatoms. The van der Waals surface area contributed by atoms with Crippen LogP contribution in [0.15, 0.2) is 78.9 Å². The summed E-state index contributed by atoms with van der Waals surface area (Å²) in [5, 5.41) is 26.6. The normalized spacial score (nSPS) is 12.4. The van der Waals surface area contributed by atoms with E-state index in [9.17, 15) is 19.6 Å². The van der Waals surface area contributed by atoms with Crippen LogP contribution in [-0.2, 0) is 27.3 Å². The largest absolute Gasteiger partial charge is 0.343 e. The lowest BCUT2D eigenvalue weighted by atomic mass is 9.94. The summed E-state index contributed by atoms with van der Waals surface area (Å²) in [6.07, 6.45) is 3.25. The minimum Gasteiger partial charge on any atom is -0.343 e. The Hall–Kier alpha value is -4.90.